The van der Waals surface area contributed by atoms with Crippen LogP contribution in [0.1, 0.15) is 66.7 Å². The Morgan fingerprint density at radius 2 is 2.06 bits per heavy atom. The Kier molecular flexibility index (Phi) is 6.65. The second-order valence-corrected chi connectivity index (χ2v) is 6.38. The molecule has 0 heterocycles. The lowest BCUT2D eigenvalue weighted by Gasteiger charge is -2.47. The molecule has 0 aromatic heterocycles. The Morgan fingerprint density at radius 3 is 2.56 bits per heavy atom. The fourth-order valence-corrected chi connectivity index (χ4v) is 3.66. The van der Waals surface area contributed by atoms with Gasteiger partial charge in [-0.3, -0.25) is 0 Å². The molecule has 0 spiro atoms. The van der Waals surface area contributed by atoms with E-state index >= 15 is 0 Å². The Bertz CT molecular complexity index is 225. The summed E-state index contributed by atoms with van der Waals surface area (Å²) in [6.07, 6.45) is 6.33. The van der Waals surface area contributed by atoms with E-state index in [4.69, 9.17) is 4.74 Å². The van der Waals surface area contributed by atoms with Crippen molar-refractivity contribution < 1.29 is 4.74 Å². The number of ether oxygens (including phenoxy) is 1. The monoisotopic (exact) mass is 255 g/mol. The minimum Gasteiger partial charge on any atom is -0.374 e. The van der Waals surface area contributed by atoms with Crippen LogP contribution in [0.2, 0.25) is 0 Å². The van der Waals surface area contributed by atoms with Crippen LogP contribution in [0.3, 0.4) is 0 Å². The summed E-state index contributed by atoms with van der Waals surface area (Å²) >= 11 is 0. The van der Waals surface area contributed by atoms with E-state index in [1.165, 1.54) is 32.1 Å². The molecule has 2 nitrogen and oxygen atoms in total. The first-order chi connectivity index (χ1) is 8.55. The maximum absolute atomic E-state index is 6.30. The van der Waals surface area contributed by atoms with E-state index in [1.807, 2.05) is 0 Å². The summed E-state index contributed by atoms with van der Waals surface area (Å²) in [6.45, 7) is 13.3. The predicted octanol–water partition coefficient (Wildman–Crippen LogP) is 4.00. The summed E-state index contributed by atoms with van der Waals surface area (Å²) in [5.41, 5.74) is 0.0791. The summed E-state index contributed by atoms with van der Waals surface area (Å²) in [4.78, 5) is 0. The van der Waals surface area contributed by atoms with Gasteiger partial charge in [0.05, 0.1) is 5.60 Å². The van der Waals surface area contributed by atoms with Gasteiger partial charge in [-0.15, -0.1) is 0 Å². The van der Waals surface area contributed by atoms with E-state index in [0.29, 0.717) is 12.0 Å². The first-order valence-corrected chi connectivity index (χ1v) is 7.93. The maximum Gasteiger partial charge on any atom is 0.0839 e. The van der Waals surface area contributed by atoms with Gasteiger partial charge in [0.15, 0.2) is 0 Å². The highest BCUT2D eigenvalue weighted by Gasteiger charge is 2.43. The first kappa shape index (κ1) is 16.0. The van der Waals surface area contributed by atoms with Crippen molar-refractivity contribution in [3.63, 3.8) is 0 Å². The van der Waals surface area contributed by atoms with E-state index < -0.39 is 0 Å². The molecular formula is C16H33NO. The van der Waals surface area contributed by atoms with Crippen molar-refractivity contribution in [2.75, 3.05) is 13.2 Å². The van der Waals surface area contributed by atoms with Gasteiger partial charge in [-0.2, -0.15) is 0 Å². The minimum absolute atomic E-state index is 0.0791. The Hall–Kier alpha value is -0.0800. The van der Waals surface area contributed by atoms with Gasteiger partial charge in [0, 0.05) is 12.6 Å². The van der Waals surface area contributed by atoms with Crippen molar-refractivity contribution in [3.8, 4) is 0 Å². The molecule has 0 amide bonds. The summed E-state index contributed by atoms with van der Waals surface area (Å²) in [6, 6.07) is 0.500. The molecule has 3 unspecified atom stereocenters. The number of hydrogen-bond donors (Lipinski definition) is 1. The second-order valence-electron chi connectivity index (χ2n) is 6.38. The van der Waals surface area contributed by atoms with Crippen LogP contribution in [0.15, 0.2) is 0 Å². The molecule has 0 bridgehead atoms. The average molecular weight is 255 g/mol. The Morgan fingerprint density at radius 1 is 1.33 bits per heavy atom. The van der Waals surface area contributed by atoms with E-state index in [-0.39, 0.29) is 5.60 Å². The third-order valence-electron chi connectivity index (χ3n) is 4.27. The summed E-state index contributed by atoms with van der Waals surface area (Å²) < 4.78 is 6.30. The van der Waals surface area contributed by atoms with E-state index in [9.17, 15) is 0 Å². The fraction of sp³-hybridized carbons (Fsp3) is 1.00. The summed E-state index contributed by atoms with van der Waals surface area (Å²) in [5, 5.41) is 3.76. The van der Waals surface area contributed by atoms with Crippen LogP contribution in [0.25, 0.3) is 0 Å². The smallest absolute Gasteiger partial charge is 0.0839 e. The highest BCUT2D eigenvalue weighted by atomic mass is 16.5. The van der Waals surface area contributed by atoms with Gasteiger partial charge in [-0.05, 0) is 44.6 Å². The van der Waals surface area contributed by atoms with Crippen molar-refractivity contribution in [1.82, 2.24) is 5.32 Å². The van der Waals surface area contributed by atoms with Crippen molar-refractivity contribution in [2.24, 2.45) is 11.8 Å². The highest BCUT2D eigenvalue weighted by Crippen LogP contribution is 2.39. The van der Waals surface area contributed by atoms with Gasteiger partial charge in [0.25, 0.3) is 0 Å². The topological polar surface area (TPSA) is 21.3 Å². The summed E-state index contributed by atoms with van der Waals surface area (Å²) in [7, 11) is 0. The zero-order chi connectivity index (χ0) is 13.6. The summed E-state index contributed by atoms with van der Waals surface area (Å²) in [5.74, 6) is 1.43. The lowest BCUT2D eigenvalue weighted by Crippen LogP contribution is -2.57. The van der Waals surface area contributed by atoms with Crippen LogP contribution < -0.4 is 5.32 Å². The largest absolute Gasteiger partial charge is 0.374 e. The number of rotatable bonds is 7. The molecule has 1 saturated carbocycles. The van der Waals surface area contributed by atoms with E-state index in [0.717, 1.165) is 19.1 Å². The van der Waals surface area contributed by atoms with Gasteiger partial charge in [-0.25, -0.2) is 0 Å². The lowest BCUT2D eigenvalue weighted by atomic mass is 9.71. The van der Waals surface area contributed by atoms with Crippen molar-refractivity contribution in [2.45, 2.75) is 78.4 Å². The second kappa shape index (κ2) is 7.49. The van der Waals surface area contributed by atoms with Crippen molar-refractivity contribution in [1.29, 1.82) is 0 Å². The van der Waals surface area contributed by atoms with Crippen molar-refractivity contribution in [3.05, 3.63) is 0 Å². The minimum atomic E-state index is 0.0791. The quantitative estimate of drug-likeness (QED) is 0.742. The molecule has 0 radical (unpaired) electrons. The molecule has 0 aromatic carbocycles. The van der Waals surface area contributed by atoms with Crippen LogP contribution >= 0.6 is 0 Å². The molecule has 1 aliphatic rings. The van der Waals surface area contributed by atoms with Crippen LogP contribution in [0.4, 0.5) is 0 Å². The molecule has 1 rings (SSSR count). The number of nitrogens with one attached hydrogen (secondary N) is 1. The van der Waals surface area contributed by atoms with Crippen LogP contribution in [0, 0.1) is 11.8 Å². The zero-order valence-corrected chi connectivity index (χ0v) is 13.1. The van der Waals surface area contributed by atoms with Crippen LogP contribution in [-0.2, 0) is 4.74 Å². The van der Waals surface area contributed by atoms with Gasteiger partial charge >= 0.3 is 0 Å². The third kappa shape index (κ3) is 3.96. The van der Waals surface area contributed by atoms with Crippen molar-refractivity contribution >= 4 is 0 Å². The van der Waals surface area contributed by atoms with Gasteiger partial charge < -0.3 is 10.1 Å². The molecule has 0 saturated heterocycles. The molecular weight excluding hydrogens is 222 g/mol. The molecule has 1 fully saturated rings. The van der Waals surface area contributed by atoms with Crippen LogP contribution in [-0.4, -0.2) is 24.8 Å². The fourth-order valence-electron chi connectivity index (χ4n) is 3.66. The molecule has 2 heteroatoms. The van der Waals surface area contributed by atoms with Gasteiger partial charge in [0.2, 0.25) is 0 Å². The molecule has 108 valence electrons. The van der Waals surface area contributed by atoms with Gasteiger partial charge in [-0.1, -0.05) is 40.5 Å². The molecule has 0 aromatic rings. The zero-order valence-electron chi connectivity index (χ0n) is 13.1. The lowest BCUT2D eigenvalue weighted by molar-refractivity contribution is -0.109. The predicted molar refractivity (Wildman–Crippen MR) is 78.9 cm³/mol. The molecule has 1 N–H and O–H groups in total. The first-order valence-electron chi connectivity index (χ1n) is 7.93. The average Bonchev–Trinajstić information content (AvgIpc) is 2.29. The highest BCUT2D eigenvalue weighted by molar-refractivity contribution is 4.98. The van der Waals surface area contributed by atoms with E-state index in [1.54, 1.807) is 0 Å². The number of hydrogen-bond acceptors (Lipinski definition) is 2. The SMILES string of the molecule is CCCNC(C(C)C)C1(OCC)CCCC(C)C1. The standard InChI is InChI=1S/C16H33NO/c1-6-11-17-15(13(3)4)16(18-7-2)10-8-9-14(5)12-16/h13-15,17H,6-12H2,1-5H3. The van der Waals surface area contributed by atoms with Gasteiger partial charge in [0.1, 0.15) is 0 Å². The molecule has 1 aliphatic carbocycles. The third-order valence-corrected chi connectivity index (χ3v) is 4.27. The van der Waals surface area contributed by atoms with E-state index in [2.05, 4.69) is 39.9 Å². The molecule has 18 heavy (non-hydrogen) atoms. The maximum atomic E-state index is 6.30. The molecule has 3 atom stereocenters. The normalized spacial score (nSPS) is 30.7. The Balaban J connectivity index is 2.83. The molecule has 0 aliphatic heterocycles. The van der Waals surface area contributed by atoms with Crippen LogP contribution in [0.5, 0.6) is 0 Å². The Labute approximate surface area is 114 Å².